The minimum atomic E-state index is -3.73. The fourth-order valence-corrected chi connectivity index (χ4v) is 4.24. The lowest BCUT2D eigenvalue weighted by Crippen LogP contribution is -2.34. The van der Waals surface area contributed by atoms with Gasteiger partial charge in [0.05, 0.1) is 4.90 Å². The SMILES string of the molecule is O=C1C(Cc2ccccc2)CCN1S(=O)(=O)c1ccccc1. The second-order valence-electron chi connectivity index (χ2n) is 5.40. The molecule has 1 atom stereocenters. The van der Waals surface area contributed by atoms with Crippen LogP contribution in [0.2, 0.25) is 0 Å². The van der Waals surface area contributed by atoms with Crippen LogP contribution >= 0.6 is 0 Å². The molecule has 0 spiro atoms. The van der Waals surface area contributed by atoms with Gasteiger partial charge in [-0.05, 0) is 30.5 Å². The Labute approximate surface area is 130 Å². The Bertz CT molecular complexity index is 757. The van der Waals surface area contributed by atoms with E-state index >= 15 is 0 Å². The molecule has 2 aromatic carbocycles. The number of nitrogens with zero attached hydrogens (tertiary/aromatic N) is 1. The van der Waals surface area contributed by atoms with Crippen molar-refractivity contribution in [3.8, 4) is 0 Å². The minimum Gasteiger partial charge on any atom is -0.273 e. The predicted octanol–water partition coefficient (Wildman–Crippen LogP) is 2.47. The van der Waals surface area contributed by atoms with Gasteiger partial charge < -0.3 is 0 Å². The number of hydrogen-bond acceptors (Lipinski definition) is 3. The van der Waals surface area contributed by atoms with Crippen molar-refractivity contribution in [2.24, 2.45) is 5.92 Å². The number of carbonyl (C=O) groups excluding carboxylic acids is 1. The average Bonchev–Trinajstić information content (AvgIpc) is 2.91. The molecule has 1 saturated heterocycles. The Hall–Kier alpha value is -2.14. The highest BCUT2D eigenvalue weighted by atomic mass is 32.2. The zero-order chi connectivity index (χ0) is 15.6. The summed E-state index contributed by atoms with van der Waals surface area (Å²) >= 11 is 0. The second-order valence-corrected chi connectivity index (χ2v) is 7.27. The lowest BCUT2D eigenvalue weighted by molar-refractivity contribution is -0.126. The van der Waals surface area contributed by atoms with Crippen LogP contribution in [0.4, 0.5) is 0 Å². The molecule has 0 N–H and O–H groups in total. The quantitative estimate of drug-likeness (QED) is 0.871. The van der Waals surface area contributed by atoms with Crippen LogP contribution in [0.1, 0.15) is 12.0 Å². The summed E-state index contributed by atoms with van der Waals surface area (Å²) in [5, 5.41) is 0. The summed E-state index contributed by atoms with van der Waals surface area (Å²) < 4.78 is 26.1. The molecular formula is C17H17NO3S. The highest BCUT2D eigenvalue weighted by Crippen LogP contribution is 2.27. The number of rotatable bonds is 4. The fraction of sp³-hybridized carbons (Fsp3) is 0.235. The zero-order valence-electron chi connectivity index (χ0n) is 12.1. The van der Waals surface area contributed by atoms with Crippen molar-refractivity contribution >= 4 is 15.9 Å². The molecule has 0 saturated carbocycles. The number of sulfonamides is 1. The van der Waals surface area contributed by atoms with E-state index in [0.717, 1.165) is 9.87 Å². The number of hydrogen-bond donors (Lipinski definition) is 0. The Morgan fingerprint density at radius 1 is 0.955 bits per heavy atom. The van der Waals surface area contributed by atoms with E-state index < -0.39 is 10.0 Å². The average molecular weight is 315 g/mol. The molecule has 1 heterocycles. The molecule has 1 unspecified atom stereocenters. The van der Waals surface area contributed by atoms with Gasteiger partial charge in [0.1, 0.15) is 0 Å². The molecule has 0 radical (unpaired) electrons. The van der Waals surface area contributed by atoms with E-state index in [4.69, 9.17) is 0 Å². The van der Waals surface area contributed by atoms with Gasteiger partial charge in [-0.15, -0.1) is 0 Å². The van der Waals surface area contributed by atoms with E-state index in [1.807, 2.05) is 30.3 Å². The molecule has 2 aromatic rings. The van der Waals surface area contributed by atoms with Gasteiger partial charge in [0.25, 0.3) is 10.0 Å². The smallest absolute Gasteiger partial charge is 0.266 e. The van der Waals surface area contributed by atoms with Gasteiger partial charge in [-0.2, -0.15) is 0 Å². The van der Waals surface area contributed by atoms with Gasteiger partial charge in [-0.3, -0.25) is 4.79 Å². The molecule has 1 fully saturated rings. The van der Waals surface area contributed by atoms with Crippen LogP contribution < -0.4 is 0 Å². The lowest BCUT2D eigenvalue weighted by atomic mass is 9.98. The van der Waals surface area contributed by atoms with E-state index in [2.05, 4.69) is 0 Å². The lowest BCUT2D eigenvalue weighted by Gasteiger charge is -2.17. The van der Waals surface area contributed by atoms with Crippen molar-refractivity contribution in [2.75, 3.05) is 6.54 Å². The van der Waals surface area contributed by atoms with Crippen molar-refractivity contribution < 1.29 is 13.2 Å². The minimum absolute atomic E-state index is 0.170. The van der Waals surface area contributed by atoms with Crippen LogP contribution in [0.5, 0.6) is 0 Å². The maximum Gasteiger partial charge on any atom is 0.266 e. The number of carbonyl (C=O) groups is 1. The number of amides is 1. The molecular weight excluding hydrogens is 298 g/mol. The summed E-state index contributed by atoms with van der Waals surface area (Å²) in [4.78, 5) is 12.6. The first kappa shape index (κ1) is 14.8. The summed E-state index contributed by atoms with van der Waals surface area (Å²) in [5.74, 6) is -0.561. The van der Waals surface area contributed by atoms with Crippen molar-refractivity contribution in [2.45, 2.75) is 17.7 Å². The highest BCUT2D eigenvalue weighted by molar-refractivity contribution is 7.89. The monoisotopic (exact) mass is 315 g/mol. The topological polar surface area (TPSA) is 54.5 Å². The van der Waals surface area contributed by atoms with Gasteiger partial charge in [0, 0.05) is 12.5 Å². The van der Waals surface area contributed by atoms with Gasteiger partial charge in [-0.25, -0.2) is 12.7 Å². The van der Waals surface area contributed by atoms with E-state index in [-0.39, 0.29) is 23.3 Å². The second kappa shape index (κ2) is 5.93. The molecule has 3 rings (SSSR count). The first-order valence-corrected chi connectivity index (χ1v) is 8.68. The standard InChI is InChI=1S/C17H17NO3S/c19-17-15(13-14-7-3-1-4-8-14)11-12-18(17)22(20,21)16-9-5-2-6-10-16/h1-10,15H,11-13H2. The van der Waals surface area contributed by atoms with Crippen LogP contribution in [0.3, 0.4) is 0 Å². The summed E-state index contributed by atoms with van der Waals surface area (Å²) in [5.41, 5.74) is 1.06. The van der Waals surface area contributed by atoms with Crippen molar-refractivity contribution in [3.05, 3.63) is 66.2 Å². The maximum absolute atomic E-state index is 12.5. The largest absolute Gasteiger partial charge is 0.273 e. The van der Waals surface area contributed by atoms with Crippen LogP contribution in [0, 0.1) is 5.92 Å². The van der Waals surface area contributed by atoms with Gasteiger partial charge in [-0.1, -0.05) is 48.5 Å². The van der Waals surface area contributed by atoms with Gasteiger partial charge in [0.15, 0.2) is 0 Å². The molecule has 0 aromatic heterocycles. The van der Waals surface area contributed by atoms with Gasteiger partial charge in [0.2, 0.25) is 5.91 Å². The van der Waals surface area contributed by atoms with Crippen molar-refractivity contribution in [1.82, 2.24) is 4.31 Å². The van der Waals surface area contributed by atoms with Gasteiger partial charge >= 0.3 is 0 Å². The Morgan fingerprint density at radius 2 is 1.55 bits per heavy atom. The maximum atomic E-state index is 12.5. The first-order valence-electron chi connectivity index (χ1n) is 7.24. The molecule has 0 aliphatic carbocycles. The van der Waals surface area contributed by atoms with Crippen LogP contribution in [-0.4, -0.2) is 25.2 Å². The number of benzene rings is 2. The molecule has 0 bridgehead atoms. The molecule has 5 heteroatoms. The van der Waals surface area contributed by atoms with E-state index in [1.54, 1.807) is 18.2 Å². The Balaban J connectivity index is 1.79. The summed E-state index contributed by atoms with van der Waals surface area (Å²) in [6.07, 6.45) is 1.15. The molecule has 1 aliphatic rings. The third kappa shape index (κ3) is 2.76. The first-order chi connectivity index (χ1) is 10.6. The van der Waals surface area contributed by atoms with Crippen molar-refractivity contribution in [3.63, 3.8) is 0 Å². The van der Waals surface area contributed by atoms with E-state index in [1.165, 1.54) is 12.1 Å². The molecule has 1 amide bonds. The molecule has 4 nitrogen and oxygen atoms in total. The predicted molar refractivity (Wildman–Crippen MR) is 83.6 cm³/mol. The van der Waals surface area contributed by atoms with Crippen molar-refractivity contribution in [1.29, 1.82) is 0 Å². The third-order valence-corrected chi connectivity index (χ3v) is 5.74. The van der Waals surface area contributed by atoms with Crippen LogP contribution in [0.25, 0.3) is 0 Å². The molecule has 22 heavy (non-hydrogen) atoms. The Kier molecular flexibility index (Phi) is 3.98. The van der Waals surface area contributed by atoms with Crippen LogP contribution in [0.15, 0.2) is 65.6 Å². The summed E-state index contributed by atoms with van der Waals surface area (Å²) in [7, 11) is -3.73. The van der Waals surface area contributed by atoms with E-state index in [9.17, 15) is 13.2 Å². The molecule has 1 aliphatic heterocycles. The van der Waals surface area contributed by atoms with E-state index in [0.29, 0.717) is 12.8 Å². The highest BCUT2D eigenvalue weighted by Gasteiger charge is 2.39. The Morgan fingerprint density at radius 3 is 2.18 bits per heavy atom. The summed E-state index contributed by atoms with van der Waals surface area (Å²) in [6, 6.07) is 17.8. The summed E-state index contributed by atoms with van der Waals surface area (Å²) in [6.45, 7) is 0.258. The zero-order valence-corrected chi connectivity index (χ0v) is 12.9. The third-order valence-electron chi connectivity index (χ3n) is 3.93. The molecule has 114 valence electrons. The van der Waals surface area contributed by atoms with Crippen LogP contribution in [-0.2, 0) is 21.2 Å². The normalized spacial score (nSPS) is 18.6. The fourth-order valence-electron chi connectivity index (χ4n) is 2.76.